The van der Waals surface area contributed by atoms with E-state index < -0.39 is 24.3 Å². The summed E-state index contributed by atoms with van der Waals surface area (Å²) in [6, 6.07) is 0. The minimum absolute atomic E-state index is 0.175. The maximum atomic E-state index is 12.7. The summed E-state index contributed by atoms with van der Waals surface area (Å²) in [5.74, 6) is -2.00. The second-order valence-electron chi connectivity index (χ2n) is 17.4. The van der Waals surface area contributed by atoms with E-state index in [0.29, 0.717) is 17.4 Å². The van der Waals surface area contributed by atoms with E-state index in [1.807, 2.05) is 21.1 Å². The van der Waals surface area contributed by atoms with Gasteiger partial charge in [-0.1, -0.05) is 200 Å². The molecule has 0 rings (SSSR count). The Hall–Kier alpha value is -1.71. The lowest BCUT2D eigenvalue weighted by Gasteiger charge is -2.25. The van der Waals surface area contributed by atoms with Crippen molar-refractivity contribution in [1.29, 1.82) is 0 Å². The third-order valence-corrected chi connectivity index (χ3v) is 10.6. The van der Waals surface area contributed by atoms with Crippen molar-refractivity contribution < 1.29 is 42.9 Å². The molecule has 0 spiro atoms. The van der Waals surface area contributed by atoms with Gasteiger partial charge in [0.05, 0.1) is 34.4 Å². The van der Waals surface area contributed by atoms with Crippen LogP contribution in [0.25, 0.3) is 0 Å². The second kappa shape index (κ2) is 40.1. The van der Waals surface area contributed by atoms with Crippen molar-refractivity contribution in [3.63, 3.8) is 0 Å². The number of aliphatic carboxylic acids is 1. The Morgan fingerprint density at radius 2 is 0.804 bits per heavy atom. The first-order chi connectivity index (χ1) is 27.1. The minimum Gasteiger partial charge on any atom is -0.477 e. The normalized spacial score (nSPS) is 12.8. The third kappa shape index (κ3) is 40.5. The highest BCUT2D eigenvalue weighted by atomic mass is 16.7. The molecule has 9 nitrogen and oxygen atoms in total. The molecule has 0 aromatic heterocycles. The summed E-state index contributed by atoms with van der Waals surface area (Å²) >= 11 is 0. The lowest BCUT2D eigenvalue weighted by atomic mass is 10.0. The number of ether oxygens (including phenoxy) is 4. The zero-order valence-corrected chi connectivity index (χ0v) is 37.6. The summed E-state index contributed by atoms with van der Waals surface area (Å²) in [7, 11) is 5.96. The number of carbonyl (C=O) groups is 3. The molecule has 0 amide bonds. The quantitative estimate of drug-likeness (QED) is 0.0281. The minimum atomic E-state index is -1.50. The van der Waals surface area contributed by atoms with Crippen LogP contribution in [-0.2, 0) is 33.3 Å². The molecule has 0 saturated heterocycles. The Kier molecular flexibility index (Phi) is 38.9. The van der Waals surface area contributed by atoms with E-state index >= 15 is 0 Å². The molecule has 1 N–H and O–H groups in total. The molecule has 0 radical (unpaired) electrons. The van der Waals surface area contributed by atoms with E-state index in [4.69, 9.17) is 18.9 Å². The van der Waals surface area contributed by atoms with Crippen molar-refractivity contribution in [3.8, 4) is 0 Å². The highest BCUT2D eigenvalue weighted by molar-refractivity contribution is 5.71. The summed E-state index contributed by atoms with van der Waals surface area (Å²) < 4.78 is 22.7. The molecule has 0 aliphatic rings. The number of carboxylic acids is 1. The van der Waals surface area contributed by atoms with E-state index in [-0.39, 0.29) is 32.2 Å². The Labute approximate surface area is 345 Å². The van der Waals surface area contributed by atoms with E-state index in [1.165, 1.54) is 161 Å². The van der Waals surface area contributed by atoms with Gasteiger partial charge in [0.1, 0.15) is 13.2 Å². The number of nitrogens with zero attached hydrogens (tertiary/aromatic N) is 1. The third-order valence-electron chi connectivity index (χ3n) is 10.6. The molecule has 0 aromatic rings. The first-order valence-corrected chi connectivity index (χ1v) is 23.7. The number of hydrogen-bond acceptors (Lipinski definition) is 7. The molecule has 2 unspecified atom stereocenters. The summed E-state index contributed by atoms with van der Waals surface area (Å²) in [6.07, 6.45) is 37.7. The molecule has 0 fully saturated rings. The van der Waals surface area contributed by atoms with Crippen LogP contribution in [0.3, 0.4) is 0 Å². The van der Waals surface area contributed by atoms with Crippen LogP contribution >= 0.6 is 0 Å². The van der Waals surface area contributed by atoms with E-state index in [0.717, 1.165) is 38.5 Å². The molecular weight excluding hydrogens is 707 g/mol. The van der Waals surface area contributed by atoms with Gasteiger partial charge < -0.3 is 28.5 Å². The summed E-state index contributed by atoms with van der Waals surface area (Å²) in [4.78, 5) is 36.9. The van der Waals surface area contributed by atoms with Crippen LogP contribution in [0.2, 0.25) is 0 Å². The average molecular weight is 799 g/mol. The summed E-state index contributed by atoms with van der Waals surface area (Å²) in [5, 5.41) is 9.60. The number of unbranched alkanes of at least 4 members (excludes halogenated alkanes) is 29. The zero-order valence-electron chi connectivity index (χ0n) is 37.6. The Bertz CT molecular complexity index is 892. The van der Waals surface area contributed by atoms with Crippen molar-refractivity contribution in [2.45, 2.75) is 238 Å². The number of hydrogen-bond donors (Lipinski definition) is 1. The largest absolute Gasteiger partial charge is 0.477 e. The van der Waals surface area contributed by atoms with Crippen LogP contribution in [0.15, 0.2) is 0 Å². The standard InChI is InChI=1S/C47H91NO8/c1-6-8-10-12-14-15-16-17-18-19-20-21-22-23-24-25-26-27-28-29-30-32-34-36-38-45(50)56-43(41-54-44(49)37-35-33-31-13-11-9-7-2)42-55-47(46(51)52)53-40-39-48(3,4)5/h43,47H,6-42H2,1-5H3/p+1. The Morgan fingerprint density at radius 1 is 0.464 bits per heavy atom. The smallest absolute Gasteiger partial charge is 0.361 e. The predicted molar refractivity (Wildman–Crippen MR) is 231 cm³/mol. The van der Waals surface area contributed by atoms with Gasteiger partial charge in [0, 0.05) is 12.8 Å². The molecule has 0 bridgehead atoms. The number of likely N-dealkylation sites (N-methyl/N-ethyl adjacent to an activating group) is 1. The van der Waals surface area contributed by atoms with Crippen LogP contribution in [-0.4, -0.2) is 87.4 Å². The fourth-order valence-electron chi connectivity index (χ4n) is 6.90. The first kappa shape index (κ1) is 54.3. The van der Waals surface area contributed by atoms with Gasteiger partial charge in [-0.05, 0) is 12.8 Å². The highest BCUT2D eigenvalue weighted by Crippen LogP contribution is 2.17. The average Bonchev–Trinajstić information content (AvgIpc) is 3.15. The lowest BCUT2D eigenvalue weighted by Crippen LogP contribution is -2.40. The molecular formula is C47H92NO8+. The number of esters is 2. The van der Waals surface area contributed by atoms with Crippen LogP contribution in [0.4, 0.5) is 0 Å². The van der Waals surface area contributed by atoms with Crippen molar-refractivity contribution >= 4 is 17.9 Å². The molecule has 2 atom stereocenters. The van der Waals surface area contributed by atoms with Gasteiger partial charge in [-0.15, -0.1) is 0 Å². The predicted octanol–water partition coefficient (Wildman–Crippen LogP) is 12.5. The summed E-state index contributed by atoms with van der Waals surface area (Å²) in [5.41, 5.74) is 0. The maximum absolute atomic E-state index is 12.7. The van der Waals surface area contributed by atoms with Gasteiger partial charge in [0.25, 0.3) is 6.29 Å². The molecule has 9 heteroatoms. The van der Waals surface area contributed by atoms with Gasteiger partial charge in [0.15, 0.2) is 6.10 Å². The monoisotopic (exact) mass is 799 g/mol. The topological polar surface area (TPSA) is 108 Å². The van der Waals surface area contributed by atoms with Crippen molar-refractivity contribution in [2.75, 3.05) is 47.5 Å². The fourth-order valence-corrected chi connectivity index (χ4v) is 6.90. The Balaban J connectivity index is 4.13. The molecule has 0 saturated carbocycles. The maximum Gasteiger partial charge on any atom is 0.361 e. The van der Waals surface area contributed by atoms with E-state index in [2.05, 4.69) is 13.8 Å². The van der Waals surface area contributed by atoms with Gasteiger partial charge in [-0.25, -0.2) is 4.79 Å². The SMILES string of the molecule is CCCCCCCCCCCCCCCCCCCCCCCCCCC(=O)OC(COC(=O)CCCCCCCCC)COC(OCC[N+](C)(C)C)C(=O)O. The van der Waals surface area contributed by atoms with Crippen molar-refractivity contribution in [1.82, 2.24) is 0 Å². The number of carboxylic acid groups (broad SMARTS) is 1. The number of quaternary nitrogens is 1. The molecule has 0 aliphatic carbocycles. The van der Waals surface area contributed by atoms with Gasteiger partial charge >= 0.3 is 17.9 Å². The van der Waals surface area contributed by atoms with Gasteiger partial charge in [-0.3, -0.25) is 9.59 Å². The fraction of sp³-hybridized carbons (Fsp3) is 0.936. The van der Waals surface area contributed by atoms with E-state index in [1.54, 1.807) is 0 Å². The van der Waals surface area contributed by atoms with Crippen LogP contribution in [0.5, 0.6) is 0 Å². The Morgan fingerprint density at radius 3 is 1.14 bits per heavy atom. The molecule has 0 aromatic carbocycles. The summed E-state index contributed by atoms with van der Waals surface area (Å²) in [6.45, 7) is 4.86. The second-order valence-corrected chi connectivity index (χ2v) is 17.4. The van der Waals surface area contributed by atoms with Crippen LogP contribution in [0, 0.1) is 0 Å². The molecule has 0 heterocycles. The van der Waals surface area contributed by atoms with E-state index in [9.17, 15) is 19.5 Å². The van der Waals surface area contributed by atoms with Gasteiger partial charge in [-0.2, -0.15) is 0 Å². The van der Waals surface area contributed by atoms with Crippen LogP contribution in [0.1, 0.15) is 226 Å². The van der Waals surface area contributed by atoms with Crippen molar-refractivity contribution in [3.05, 3.63) is 0 Å². The van der Waals surface area contributed by atoms with Gasteiger partial charge in [0.2, 0.25) is 0 Å². The van der Waals surface area contributed by atoms with Crippen molar-refractivity contribution in [2.24, 2.45) is 0 Å². The molecule has 0 aliphatic heterocycles. The molecule has 332 valence electrons. The number of carbonyl (C=O) groups excluding carboxylic acids is 2. The zero-order chi connectivity index (χ0) is 41.4. The molecule has 56 heavy (non-hydrogen) atoms. The van der Waals surface area contributed by atoms with Crippen LogP contribution < -0.4 is 0 Å². The first-order valence-electron chi connectivity index (χ1n) is 23.7. The highest BCUT2D eigenvalue weighted by Gasteiger charge is 2.25. The number of rotatable bonds is 44. The lowest BCUT2D eigenvalue weighted by molar-refractivity contribution is -0.870.